The van der Waals surface area contributed by atoms with Crippen molar-refractivity contribution in [3.8, 4) is 0 Å². The van der Waals surface area contributed by atoms with Gasteiger partial charge in [-0.2, -0.15) is 0 Å². The van der Waals surface area contributed by atoms with Gasteiger partial charge in [0.1, 0.15) is 0 Å². The van der Waals surface area contributed by atoms with E-state index in [9.17, 15) is 0 Å². The van der Waals surface area contributed by atoms with Gasteiger partial charge in [0.05, 0.1) is 10.7 Å². The van der Waals surface area contributed by atoms with E-state index in [0.717, 1.165) is 30.2 Å². The third-order valence-electron chi connectivity index (χ3n) is 3.40. The van der Waals surface area contributed by atoms with Gasteiger partial charge in [0, 0.05) is 13.1 Å². The number of nitrogens with two attached hydrogens (primary N) is 1. The average Bonchev–Trinajstić information content (AvgIpc) is 2.37. The van der Waals surface area contributed by atoms with Gasteiger partial charge < -0.3 is 10.6 Å². The molecule has 0 aliphatic carbocycles. The summed E-state index contributed by atoms with van der Waals surface area (Å²) in [5.41, 5.74) is 7.92. The lowest BCUT2D eigenvalue weighted by atomic mass is 10.1. The van der Waals surface area contributed by atoms with E-state index < -0.39 is 0 Å². The molecule has 0 fully saturated rings. The highest BCUT2D eigenvalue weighted by Gasteiger charge is 2.11. The Kier molecular flexibility index (Phi) is 6.51. The van der Waals surface area contributed by atoms with Crippen LogP contribution in [0.3, 0.4) is 0 Å². The lowest BCUT2D eigenvalue weighted by molar-refractivity contribution is 0.548. The van der Waals surface area contributed by atoms with Crippen molar-refractivity contribution in [1.82, 2.24) is 0 Å². The summed E-state index contributed by atoms with van der Waals surface area (Å²) in [6, 6.07) is 6.30. The Balaban J connectivity index is 2.85. The van der Waals surface area contributed by atoms with E-state index >= 15 is 0 Å². The third-order valence-corrected chi connectivity index (χ3v) is 3.70. The van der Waals surface area contributed by atoms with Crippen LogP contribution in [0, 0.1) is 5.92 Å². The van der Waals surface area contributed by atoms with E-state index in [1.54, 1.807) is 0 Å². The highest BCUT2D eigenvalue weighted by molar-refractivity contribution is 6.33. The number of nitrogens with zero attached hydrogens (tertiary/aromatic N) is 1. The Morgan fingerprint density at radius 1 is 1.33 bits per heavy atom. The monoisotopic (exact) mass is 268 g/mol. The fourth-order valence-corrected chi connectivity index (χ4v) is 2.35. The first kappa shape index (κ1) is 15.3. The van der Waals surface area contributed by atoms with E-state index in [2.05, 4.69) is 37.8 Å². The molecule has 1 atom stereocenters. The molecule has 0 bridgehead atoms. The van der Waals surface area contributed by atoms with Crippen molar-refractivity contribution >= 4 is 17.3 Å². The van der Waals surface area contributed by atoms with Crippen LogP contribution in [0.2, 0.25) is 5.02 Å². The van der Waals surface area contributed by atoms with Gasteiger partial charge in [-0.05, 0) is 43.5 Å². The van der Waals surface area contributed by atoms with Gasteiger partial charge in [-0.3, -0.25) is 0 Å². The number of anilines is 1. The molecule has 0 saturated carbocycles. The minimum atomic E-state index is 0.667. The molecular formula is C15H25ClN2. The molecule has 0 heterocycles. The van der Waals surface area contributed by atoms with Crippen molar-refractivity contribution in [2.24, 2.45) is 11.7 Å². The van der Waals surface area contributed by atoms with E-state index in [-0.39, 0.29) is 0 Å². The molecule has 0 aliphatic rings. The van der Waals surface area contributed by atoms with Crippen LogP contribution in [0.25, 0.3) is 0 Å². The van der Waals surface area contributed by atoms with Crippen molar-refractivity contribution in [3.63, 3.8) is 0 Å². The average molecular weight is 269 g/mol. The SMILES string of the molecule is CCC(C)CN(CC)c1ccc(CCN)cc1Cl. The van der Waals surface area contributed by atoms with E-state index in [4.69, 9.17) is 17.3 Å². The first-order valence-electron chi connectivity index (χ1n) is 6.85. The predicted octanol–water partition coefficient (Wildman–Crippen LogP) is 3.71. The zero-order valence-electron chi connectivity index (χ0n) is 11.7. The third kappa shape index (κ3) is 4.18. The minimum Gasteiger partial charge on any atom is -0.370 e. The molecule has 0 radical (unpaired) electrons. The summed E-state index contributed by atoms with van der Waals surface area (Å²) in [4.78, 5) is 2.35. The van der Waals surface area contributed by atoms with E-state index in [0.29, 0.717) is 12.5 Å². The molecule has 1 aromatic carbocycles. The fraction of sp³-hybridized carbons (Fsp3) is 0.600. The normalized spacial score (nSPS) is 12.5. The summed E-state index contributed by atoms with van der Waals surface area (Å²) in [7, 11) is 0. The summed E-state index contributed by atoms with van der Waals surface area (Å²) in [6.07, 6.45) is 2.08. The number of hydrogen-bond donors (Lipinski definition) is 1. The lowest BCUT2D eigenvalue weighted by Crippen LogP contribution is -2.28. The molecule has 0 spiro atoms. The summed E-state index contributed by atoms with van der Waals surface area (Å²) in [5.74, 6) is 0.685. The molecule has 2 nitrogen and oxygen atoms in total. The van der Waals surface area contributed by atoms with Crippen molar-refractivity contribution < 1.29 is 0 Å². The van der Waals surface area contributed by atoms with Gasteiger partial charge in [-0.25, -0.2) is 0 Å². The molecule has 1 rings (SSSR count). The van der Waals surface area contributed by atoms with Crippen LogP contribution in [0.1, 0.15) is 32.8 Å². The summed E-state index contributed by atoms with van der Waals surface area (Å²) >= 11 is 6.38. The van der Waals surface area contributed by atoms with Crippen molar-refractivity contribution in [1.29, 1.82) is 0 Å². The van der Waals surface area contributed by atoms with Gasteiger partial charge in [0.25, 0.3) is 0 Å². The van der Waals surface area contributed by atoms with Crippen LogP contribution in [0.5, 0.6) is 0 Å². The van der Waals surface area contributed by atoms with Gasteiger partial charge >= 0.3 is 0 Å². The lowest BCUT2D eigenvalue weighted by Gasteiger charge is -2.27. The Morgan fingerprint density at radius 2 is 2.06 bits per heavy atom. The molecule has 2 N–H and O–H groups in total. The van der Waals surface area contributed by atoms with Crippen molar-refractivity contribution in [3.05, 3.63) is 28.8 Å². The maximum atomic E-state index is 6.38. The molecule has 0 saturated heterocycles. The maximum absolute atomic E-state index is 6.38. The summed E-state index contributed by atoms with van der Waals surface area (Å²) in [5, 5.41) is 0.839. The Morgan fingerprint density at radius 3 is 2.56 bits per heavy atom. The van der Waals surface area contributed by atoms with Crippen LogP contribution < -0.4 is 10.6 Å². The highest BCUT2D eigenvalue weighted by Crippen LogP contribution is 2.28. The highest BCUT2D eigenvalue weighted by atomic mass is 35.5. The molecule has 0 aliphatic heterocycles. The Labute approximate surface area is 116 Å². The summed E-state index contributed by atoms with van der Waals surface area (Å²) < 4.78 is 0. The first-order chi connectivity index (χ1) is 8.62. The molecule has 1 unspecified atom stereocenters. The number of halogens is 1. The molecule has 18 heavy (non-hydrogen) atoms. The van der Waals surface area contributed by atoms with Crippen LogP contribution in [0.4, 0.5) is 5.69 Å². The fourth-order valence-electron chi connectivity index (χ4n) is 2.03. The molecule has 102 valence electrons. The predicted molar refractivity (Wildman–Crippen MR) is 81.6 cm³/mol. The maximum Gasteiger partial charge on any atom is 0.0642 e. The number of benzene rings is 1. The van der Waals surface area contributed by atoms with Crippen LogP contribution in [0.15, 0.2) is 18.2 Å². The zero-order chi connectivity index (χ0) is 13.5. The summed E-state index contributed by atoms with van der Waals surface area (Å²) in [6.45, 7) is 9.39. The largest absolute Gasteiger partial charge is 0.370 e. The molecular weight excluding hydrogens is 244 g/mol. The van der Waals surface area contributed by atoms with Crippen LogP contribution >= 0.6 is 11.6 Å². The van der Waals surface area contributed by atoms with Gasteiger partial charge in [0.15, 0.2) is 0 Å². The van der Waals surface area contributed by atoms with Gasteiger partial charge in [0.2, 0.25) is 0 Å². The van der Waals surface area contributed by atoms with E-state index in [1.165, 1.54) is 12.0 Å². The molecule has 3 heteroatoms. The zero-order valence-corrected chi connectivity index (χ0v) is 12.5. The van der Waals surface area contributed by atoms with Gasteiger partial charge in [-0.15, -0.1) is 0 Å². The second kappa shape index (κ2) is 7.65. The second-order valence-electron chi connectivity index (χ2n) is 4.88. The molecule has 0 amide bonds. The Hall–Kier alpha value is -0.730. The standard InChI is InChI=1S/C15H25ClN2/c1-4-12(3)11-18(5-2)15-7-6-13(8-9-17)10-14(15)16/h6-7,10,12H,4-5,8-9,11,17H2,1-3H3. The van der Waals surface area contributed by atoms with E-state index in [1.807, 2.05) is 6.07 Å². The van der Waals surface area contributed by atoms with Crippen molar-refractivity contribution in [2.45, 2.75) is 33.6 Å². The van der Waals surface area contributed by atoms with Crippen LogP contribution in [-0.4, -0.2) is 19.6 Å². The number of rotatable bonds is 7. The second-order valence-corrected chi connectivity index (χ2v) is 5.28. The Bertz CT molecular complexity index is 366. The number of hydrogen-bond acceptors (Lipinski definition) is 2. The molecule has 0 aromatic heterocycles. The topological polar surface area (TPSA) is 29.3 Å². The quantitative estimate of drug-likeness (QED) is 0.817. The van der Waals surface area contributed by atoms with Crippen molar-refractivity contribution in [2.75, 3.05) is 24.5 Å². The minimum absolute atomic E-state index is 0.667. The smallest absolute Gasteiger partial charge is 0.0642 e. The van der Waals surface area contributed by atoms with Crippen LogP contribution in [-0.2, 0) is 6.42 Å². The first-order valence-corrected chi connectivity index (χ1v) is 7.23. The van der Waals surface area contributed by atoms with Gasteiger partial charge in [-0.1, -0.05) is 37.9 Å². The molecule has 1 aromatic rings.